The molecule has 1 aliphatic rings. The SMILES string of the molecule is Cc1csc(CCC2CCCCC2)n1. The number of nitrogens with zero attached hydrogens (tertiary/aromatic N) is 1. The van der Waals surface area contributed by atoms with Crippen LogP contribution in [0.15, 0.2) is 5.38 Å². The molecule has 0 unspecified atom stereocenters. The molecule has 0 bridgehead atoms. The van der Waals surface area contributed by atoms with Crippen molar-refractivity contribution in [2.45, 2.75) is 51.9 Å². The topological polar surface area (TPSA) is 12.9 Å². The number of hydrogen-bond donors (Lipinski definition) is 0. The van der Waals surface area contributed by atoms with Crippen LogP contribution in [0, 0.1) is 12.8 Å². The average Bonchev–Trinajstić information content (AvgIpc) is 2.63. The Kier molecular flexibility index (Phi) is 3.57. The highest BCUT2D eigenvalue weighted by Crippen LogP contribution is 2.27. The lowest BCUT2D eigenvalue weighted by molar-refractivity contribution is 0.339. The van der Waals surface area contributed by atoms with Gasteiger partial charge in [0.25, 0.3) is 0 Å². The molecule has 1 heterocycles. The Morgan fingerprint density at radius 3 is 2.79 bits per heavy atom. The van der Waals surface area contributed by atoms with Gasteiger partial charge >= 0.3 is 0 Å². The predicted molar refractivity (Wildman–Crippen MR) is 61.7 cm³/mol. The zero-order chi connectivity index (χ0) is 9.80. The van der Waals surface area contributed by atoms with E-state index in [0.29, 0.717) is 0 Å². The average molecular weight is 209 g/mol. The first-order chi connectivity index (χ1) is 6.84. The minimum atomic E-state index is 0.993. The maximum absolute atomic E-state index is 4.51. The Morgan fingerprint density at radius 2 is 2.14 bits per heavy atom. The van der Waals surface area contributed by atoms with E-state index in [2.05, 4.69) is 17.3 Å². The summed E-state index contributed by atoms with van der Waals surface area (Å²) in [5, 5.41) is 3.50. The van der Waals surface area contributed by atoms with Crippen LogP contribution in [0.2, 0.25) is 0 Å². The lowest BCUT2D eigenvalue weighted by Gasteiger charge is -2.20. The molecule has 0 N–H and O–H groups in total. The van der Waals surface area contributed by atoms with E-state index >= 15 is 0 Å². The predicted octanol–water partition coefficient (Wildman–Crippen LogP) is 3.96. The largest absolute Gasteiger partial charge is 0.247 e. The summed E-state index contributed by atoms with van der Waals surface area (Å²) in [6, 6.07) is 0. The molecule has 1 saturated carbocycles. The van der Waals surface area contributed by atoms with Gasteiger partial charge in [-0.05, 0) is 25.7 Å². The normalized spacial score (nSPS) is 18.6. The molecule has 0 aromatic carbocycles. The summed E-state index contributed by atoms with van der Waals surface area (Å²) in [7, 11) is 0. The molecule has 0 saturated heterocycles. The van der Waals surface area contributed by atoms with Crippen molar-refractivity contribution in [3.63, 3.8) is 0 Å². The van der Waals surface area contributed by atoms with Gasteiger partial charge in [-0.25, -0.2) is 4.98 Å². The van der Waals surface area contributed by atoms with Gasteiger partial charge in [0, 0.05) is 11.1 Å². The molecular formula is C12H19NS. The molecule has 0 aliphatic heterocycles. The summed E-state index contributed by atoms with van der Waals surface area (Å²) < 4.78 is 0. The fourth-order valence-corrected chi connectivity index (χ4v) is 3.11. The molecule has 0 radical (unpaired) electrons. The maximum atomic E-state index is 4.51. The lowest BCUT2D eigenvalue weighted by atomic mass is 9.86. The zero-order valence-corrected chi connectivity index (χ0v) is 9.78. The van der Waals surface area contributed by atoms with E-state index in [-0.39, 0.29) is 0 Å². The molecule has 78 valence electrons. The Bertz CT molecular complexity index is 274. The van der Waals surface area contributed by atoms with Gasteiger partial charge in [-0.2, -0.15) is 0 Å². The quantitative estimate of drug-likeness (QED) is 0.734. The van der Waals surface area contributed by atoms with E-state index in [1.54, 1.807) is 0 Å². The van der Waals surface area contributed by atoms with Crippen LogP contribution in [0.1, 0.15) is 49.2 Å². The third-order valence-electron chi connectivity index (χ3n) is 3.16. The van der Waals surface area contributed by atoms with Crippen molar-refractivity contribution in [1.82, 2.24) is 4.98 Å². The summed E-state index contributed by atoms with van der Waals surface area (Å²) >= 11 is 1.83. The molecule has 2 rings (SSSR count). The molecule has 14 heavy (non-hydrogen) atoms. The third-order valence-corrected chi connectivity index (χ3v) is 4.18. The standard InChI is InChI=1S/C12H19NS/c1-10-9-14-12(13-10)8-7-11-5-3-2-4-6-11/h9,11H,2-8H2,1H3. The first-order valence-corrected chi connectivity index (χ1v) is 6.63. The lowest BCUT2D eigenvalue weighted by Crippen LogP contribution is -2.07. The maximum Gasteiger partial charge on any atom is 0.0928 e. The van der Waals surface area contributed by atoms with Crippen LogP contribution in [-0.4, -0.2) is 4.98 Å². The molecule has 1 nitrogen and oxygen atoms in total. The first kappa shape index (κ1) is 10.2. The van der Waals surface area contributed by atoms with Gasteiger partial charge < -0.3 is 0 Å². The van der Waals surface area contributed by atoms with Gasteiger partial charge in [0.2, 0.25) is 0 Å². The van der Waals surface area contributed by atoms with Crippen LogP contribution in [0.3, 0.4) is 0 Å². The fourth-order valence-electron chi connectivity index (χ4n) is 2.32. The molecule has 2 heteroatoms. The first-order valence-electron chi connectivity index (χ1n) is 5.75. The highest BCUT2D eigenvalue weighted by molar-refractivity contribution is 7.09. The van der Waals surface area contributed by atoms with Crippen LogP contribution < -0.4 is 0 Å². The highest BCUT2D eigenvalue weighted by Gasteiger charge is 2.13. The van der Waals surface area contributed by atoms with E-state index in [0.717, 1.165) is 5.92 Å². The minimum Gasteiger partial charge on any atom is -0.247 e. The van der Waals surface area contributed by atoms with Crippen molar-refractivity contribution in [2.24, 2.45) is 5.92 Å². The smallest absolute Gasteiger partial charge is 0.0928 e. The molecule has 0 atom stereocenters. The Morgan fingerprint density at radius 1 is 1.36 bits per heavy atom. The van der Waals surface area contributed by atoms with E-state index in [1.807, 2.05) is 11.3 Å². The van der Waals surface area contributed by atoms with Crippen LogP contribution in [-0.2, 0) is 6.42 Å². The summed E-state index contributed by atoms with van der Waals surface area (Å²) in [6.45, 7) is 2.08. The molecule has 0 amide bonds. The number of aryl methyl sites for hydroxylation is 2. The van der Waals surface area contributed by atoms with Crippen LogP contribution in [0.25, 0.3) is 0 Å². The summed E-state index contributed by atoms with van der Waals surface area (Å²) in [6.07, 6.45) is 9.89. The second kappa shape index (κ2) is 4.92. The summed E-state index contributed by atoms with van der Waals surface area (Å²) in [4.78, 5) is 4.51. The van der Waals surface area contributed by atoms with E-state index in [1.165, 1.54) is 55.6 Å². The van der Waals surface area contributed by atoms with Crippen LogP contribution >= 0.6 is 11.3 Å². The monoisotopic (exact) mass is 209 g/mol. The number of rotatable bonds is 3. The van der Waals surface area contributed by atoms with Crippen molar-refractivity contribution >= 4 is 11.3 Å². The summed E-state index contributed by atoms with van der Waals surface area (Å²) in [5.74, 6) is 0.993. The molecule has 1 aromatic rings. The Hall–Kier alpha value is -0.370. The van der Waals surface area contributed by atoms with Crippen molar-refractivity contribution < 1.29 is 0 Å². The fraction of sp³-hybridized carbons (Fsp3) is 0.750. The van der Waals surface area contributed by atoms with E-state index in [9.17, 15) is 0 Å². The number of thiazole rings is 1. The minimum absolute atomic E-state index is 0.993. The van der Waals surface area contributed by atoms with Gasteiger partial charge in [0.05, 0.1) is 5.01 Å². The van der Waals surface area contributed by atoms with Gasteiger partial charge in [0.1, 0.15) is 0 Å². The highest BCUT2D eigenvalue weighted by atomic mass is 32.1. The molecular weight excluding hydrogens is 190 g/mol. The molecule has 1 aliphatic carbocycles. The zero-order valence-electron chi connectivity index (χ0n) is 8.96. The van der Waals surface area contributed by atoms with E-state index < -0.39 is 0 Å². The van der Waals surface area contributed by atoms with Crippen molar-refractivity contribution in [2.75, 3.05) is 0 Å². The van der Waals surface area contributed by atoms with Crippen LogP contribution in [0.5, 0.6) is 0 Å². The second-order valence-electron chi connectivity index (χ2n) is 4.43. The summed E-state index contributed by atoms with van der Waals surface area (Å²) in [5.41, 5.74) is 1.19. The molecule has 0 spiro atoms. The van der Waals surface area contributed by atoms with Crippen LogP contribution in [0.4, 0.5) is 0 Å². The number of hydrogen-bond acceptors (Lipinski definition) is 2. The third kappa shape index (κ3) is 2.81. The molecule has 1 fully saturated rings. The van der Waals surface area contributed by atoms with Gasteiger partial charge in [-0.3, -0.25) is 0 Å². The second-order valence-corrected chi connectivity index (χ2v) is 5.37. The molecule has 1 aromatic heterocycles. The Labute approximate surface area is 90.6 Å². The van der Waals surface area contributed by atoms with E-state index in [4.69, 9.17) is 0 Å². The van der Waals surface area contributed by atoms with Crippen molar-refractivity contribution in [1.29, 1.82) is 0 Å². The van der Waals surface area contributed by atoms with Crippen molar-refractivity contribution in [3.05, 3.63) is 16.1 Å². The number of aromatic nitrogens is 1. The van der Waals surface area contributed by atoms with Gasteiger partial charge in [-0.1, -0.05) is 32.1 Å². The van der Waals surface area contributed by atoms with Gasteiger partial charge in [-0.15, -0.1) is 11.3 Å². The van der Waals surface area contributed by atoms with Crippen molar-refractivity contribution in [3.8, 4) is 0 Å². The van der Waals surface area contributed by atoms with Gasteiger partial charge in [0.15, 0.2) is 0 Å². The Balaban J connectivity index is 1.76.